The molecule has 1 saturated heterocycles. The molecule has 1 aromatic heterocycles. The summed E-state index contributed by atoms with van der Waals surface area (Å²) in [6.45, 7) is 10.1. The highest BCUT2D eigenvalue weighted by Gasteiger charge is 2.37. The van der Waals surface area contributed by atoms with Crippen LogP contribution in [0, 0.1) is 6.92 Å². The van der Waals surface area contributed by atoms with E-state index >= 15 is 0 Å². The topological polar surface area (TPSA) is 108 Å². The van der Waals surface area contributed by atoms with Gasteiger partial charge in [-0.25, -0.2) is 9.78 Å². The van der Waals surface area contributed by atoms with E-state index in [1.165, 1.54) is 16.7 Å². The molecule has 3 aliphatic rings. The molecule has 0 spiro atoms. The normalized spacial score (nSPS) is 16.9. The van der Waals surface area contributed by atoms with E-state index in [9.17, 15) is 14.7 Å². The third-order valence-electron chi connectivity index (χ3n) is 8.19. The largest absolute Gasteiger partial charge is 0.395 e. The Hall–Kier alpha value is -4.74. The second kappa shape index (κ2) is 11.9. The molecule has 3 aliphatic heterocycles. The summed E-state index contributed by atoms with van der Waals surface area (Å²) in [7, 11) is 2.14. The number of nitrogens with one attached hydrogen (secondary N) is 1. The first-order valence-electron chi connectivity index (χ1n) is 14.5. The van der Waals surface area contributed by atoms with Crippen LogP contribution < -0.4 is 20.0 Å². The molecule has 0 saturated carbocycles. The van der Waals surface area contributed by atoms with Gasteiger partial charge in [0.1, 0.15) is 5.82 Å². The highest BCUT2D eigenvalue weighted by atomic mass is 16.3. The Morgan fingerprint density at radius 2 is 1.88 bits per heavy atom. The highest BCUT2D eigenvalue weighted by molar-refractivity contribution is 6.07. The van der Waals surface area contributed by atoms with Crippen molar-refractivity contribution in [1.82, 2.24) is 19.8 Å². The molecule has 0 bridgehead atoms. The van der Waals surface area contributed by atoms with Crippen LogP contribution in [0.2, 0.25) is 0 Å². The lowest BCUT2D eigenvalue weighted by atomic mass is 9.98. The molecule has 43 heavy (non-hydrogen) atoms. The van der Waals surface area contributed by atoms with Gasteiger partial charge in [0.15, 0.2) is 0 Å². The van der Waals surface area contributed by atoms with Crippen LogP contribution in [-0.4, -0.2) is 89.7 Å². The van der Waals surface area contributed by atoms with Crippen molar-refractivity contribution >= 4 is 46.5 Å². The molecule has 6 rings (SSSR count). The summed E-state index contributed by atoms with van der Waals surface area (Å²) >= 11 is 0. The van der Waals surface area contributed by atoms with Gasteiger partial charge in [0.25, 0.3) is 5.91 Å². The van der Waals surface area contributed by atoms with E-state index in [2.05, 4.69) is 45.9 Å². The van der Waals surface area contributed by atoms with Gasteiger partial charge in [-0.1, -0.05) is 24.8 Å². The summed E-state index contributed by atoms with van der Waals surface area (Å²) in [4.78, 5) is 45.4. The van der Waals surface area contributed by atoms with Crippen LogP contribution in [0.4, 0.5) is 33.6 Å². The molecule has 0 radical (unpaired) electrons. The molecule has 0 atom stereocenters. The number of aromatic nitrogens is 2. The minimum atomic E-state index is -0.301. The predicted octanol–water partition coefficient (Wildman–Crippen LogP) is 3.59. The average Bonchev–Trinajstić information content (AvgIpc) is 3.02. The zero-order valence-electron chi connectivity index (χ0n) is 24.5. The molecule has 3 aromatic rings. The molecule has 1 fully saturated rings. The lowest BCUT2D eigenvalue weighted by Gasteiger charge is -2.40. The van der Waals surface area contributed by atoms with Crippen molar-refractivity contribution in [1.29, 1.82) is 0 Å². The van der Waals surface area contributed by atoms with Crippen molar-refractivity contribution in [3.8, 4) is 0 Å². The predicted molar refractivity (Wildman–Crippen MR) is 169 cm³/mol. The molecule has 2 aromatic carbocycles. The second-order valence-corrected chi connectivity index (χ2v) is 11.0. The SMILES string of the molecule is C=CC(=O)N1CC=C(N2Cc3cnc(Nc4ccc(N5CCN(C)CC5)cc4)nc3N(CCO)C2=O)c2cccc(C)c21. The van der Waals surface area contributed by atoms with Crippen LogP contribution in [-0.2, 0) is 11.3 Å². The summed E-state index contributed by atoms with van der Waals surface area (Å²) in [5.41, 5.74) is 5.93. The minimum Gasteiger partial charge on any atom is -0.395 e. The summed E-state index contributed by atoms with van der Waals surface area (Å²) in [5.74, 6) is 0.628. The van der Waals surface area contributed by atoms with Gasteiger partial charge < -0.3 is 25.1 Å². The van der Waals surface area contributed by atoms with Crippen LogP contribution >= 0.6 is 0 Å². The Morgan fingerprint density at radius 1 is 1.12 bits per heavy atom. The summed E-state index contributed by atoms with van der Waals surface area (Å²) in [6, 6.07) is 13.7. The summed E-state index contributed by atoms with van der Waals surface area (Å²) in [5, 5.41) is 13.1. The first kappa shape index (κ1) is 28.4. The number of benzene rings is 2. The van der Waals surface area contributed by atoms with Crippen LogP contribution in [0.3, 0.4) is 0 Å². The van der Waals surface area contributed by atoms with Crippen molar-refractivity contribution in [2.45, 2.75) is 13.5 Å². The van der Waals surface area contributed by atoms with E-state index in [1.807, 2.05) is 43.3 Å². The third kappa shape index (κ3) is 5.44. The summed E-state index contributed by atoms with van der Waals surface area (Å²) in [6.07, 6.45) is 4.90. The number of hydrogen-bond acceptors (Lipinski definition) is 8. The van der Waals surface area contributed by atoms with E-state index in [1.54, 1.807) is 16.0 Å². The Kier molecular flexibility index (Phi) is 7.83. The number of likely N-dealkylation sites (N-methyl/N-ethyl adjacent to an activating group) is 1. The van der Waals surface area contributed by atoms with Gasteiger partial charge in [-0.15, -0.1) is 0 Å². The average molecular weight is 581 g/mol. The molecule has 11 nitrogen and oxygen atoms in total. The van der Waals surface area contributed by atoms with E-state index in [-0.39, 0.29) is 31.6 Å². The number of aryl methyl sites for hydroxylation is 1. The maximum atomic E-state index is 13.9. The molecular formula is C32H36N8O3. The van der Waals surface area contributed by atoms with Gasteiger partial charge in [0, 0.05) is 61.4 Å². The molecule has 0 aliphatic carbocycles. The lowest BCUT2D eigenvalue weighted by molar-refractivity contribution is -0.114. The lowest BCUT2D eigenvalue weighted by Crippen LogP contribution is -2.48. The van der Waals surface area contributed by atoms with Gasteiger partial charge in [0.05, 0.1) is 31.1 Å². The van der Waals surface area contributed by atoms with Crippen LogP contribution in [0.1, 0.15) is 16.7 Å². The van der Waals surface area contributed by atoms with E-state index < -0.39 is 0 Å². The molecule has 0 unspecified atom stereocenters. The maximum Gasteiger partial charge on any atom is 0.330 e. The number of piperazine rings is 1. The molecule has 4 heterocycles. The number of rotatable bonds is 7. The number of anilines is 5. The third-order valence-corrected chi connectivity index (χ3v) is 8.19. The van der Waals surface area contributed by atoms with E-state index in [0.29, 0.717) is 24.0 Å². The zero-order valence-corrected chi connectivity index (χ0v) is 24.5. The first-order chi connectivity index (χ1) is 20.9. The van der Waals surface area contributed by atoms with Crippen molar-refractivity contribution in [2.75, 3.05) is 72.9 Å². The van der Waals surface area contributed by atoms with Gasteiger partial charge in [-0.05, 0) is 56.0 Å². The number of aliphatic hydroxyl groups excluding tert-OH is 1. The Bertz CT molecular complexity index is 1580. The van der Waals surface area contributed by atoms with Gasteiger partial charge in [0.2, 0.25) is 5.95 Å². The van der Waals surface area contributed by atoms with Crippen molar-refractivity contribution in [3.05, 3.63) is 84.1 Å². The van der Waals surface area contributed by atoms with Gasteiger partial charge >= 0.3 is 6.03 Å². The van der Waals surface area contributed by atoms with E-state index in [0.717, 1.165) is 54.2 Å². The van der Waals surface area contributed by atoms with E-state index in [4.69, 9.17) is 4.98 Å². The van der Waals surface area contributed by atoms with Gasteiger partial charge in [-0.2, -0.15) is 4.98 Å². The number of carbonyl (C=O) groups excluding carboxylic acids is 2. The van der Waals surface area contributed by atoms with Crippen molar-refractivity contribution in [3.63, 3.8) is 0 Å². The quantitative estimate of drug-likeness (QED) is 0.409. The Morgan fingerprint density at radius 3 is 2.60 bits per heavy atom. The van der Waals surface area contributed by atoms with Crippen LogP contribution in [0.15, 0.2) is 67.4 Å². The van der Waals surface area contributed by atoms with Crippen molar-refractivity contribution in [2.24, 2.45) is 0 Å². The fourth-order valence-electron chi connectivity index (χ4n) is 5.89. The number of aliphatic hydroxyl groups is 1. The van der Waals surface area contributed by atoms with Crippen LogP contribution in [0.5, 0.6) is 0 Å². The number of β-amino-alcohol motifs (C(OH)–C–C–N with tert-alkyl or cyclic N) is 1. The highest BCUT2D eigenvalue weighted by Crippen LogP contribution is 2.40. The number of hydrogen-bond donors (Lipinski definition) is 2. The molecular weight excluding hydrogens is 544 g/mol. The maximum absolute atomic E-state index is 13.9. The fraction of sp³-hybridized carbons (Fsp3) is 0.312. The molecule has 11 heteroatoms. The smallest absolute Gasteiger partial charge is 0.330 e. The second-order valence-electron chi connectivity index (χ2n) is 11.0. The van der Waals surface area contributed by atoms with Crippen molar-refractivity contribution < 1.29 is 14.7 Å². The molecule has 3 amide bonds. The zero-order chi connectivity index (χ0) is 30.1. The molecule has 222 valence electrons. The Balaban J connectivity index is 1.26. The number of urea groups is 1. The first-order valence-corrected chi connectivity index (χ1v) is 14.5. The summed E-state index contributed by atoms with van der Waals surface area (Å²) < 4.78 is 0. The monoisotopic (exact) mass is 580 g/mol. The number of nitrogens with zero attached hydrogens (tertiary/aromatic N) is 7. The number of para-hydroxylation sites is 1. The van der Waals surface area contributed by atoms with Crippen LogP contribution in [0.25, 0.3) is 5.70 Å². The standard InChI is InChI=1S/C32H36N8O3/c1-4-28(42)38-13-12-27(26-7-5-6-22(2)29(26)38)40-21-23-20-33-31(35-30(23)39(18-19-41)32(40)43)34-24-8-10-25(11-9-24)37-16-14-36(3)15-17-37/h4-12,20,41H,1,13-19,21H2,2-3H3,(H,33,34,35). The Labute approximate surface area is 251 Å². The number of carbonyl (C=O) groups is 2. The molecule has 2 N–H and O–H groups in total. The van der Waals surface area contributed by atoms with Gasteiger partial charge in [-0.3, -0.25) is 14.6 Å². The number of fused-ring (bicyclic) bond motifs is 2. The number of amides is 3. The minimum absolute atomic E-state index is 0.0769. The fourth-order valence-corrected chi connectivity index (χ4v) is 5.89.